The van der Waals surface area contributed by atoms with Crippen LogP contribution in [0.5, 0.6) is 0 Å². The number of aromatic nitrogens is 2. The van der Waals surface area contributed by atoms with Crippen molar-refractivity contribution in [3.05, 3.63) is 167 Å². The topological polar surface area (TPSA) is 65.6 Å². The van der Waals surface area contributed by atoms with E-state index < -0.39 is 12.0 Å². The van der Waals surface area contributed by atoms with Gasteiger partial charge in [0.05, 0.1) is 39.8 Å². The lowest BCUT2D eigenvalue weighted by atomic mass is 9.93. The second-order valence-corrected chi connectivity index (χ2v) is 14.4. The van der Waals surface area contributed by atoms with E-state index in [1.165, 1.54) is 16.9 Å². The van der Waals surface area contributed by atoms with Gasteiger partial charge in [-0.05, 0) is 78.4 Å². The maximum absolute atomic E-state index is 14.6. The Balaban J connectivity index is 1.49. The Morgan fingerprint density at radius 1 is 0.920 bits per heavy atom. The number of fused-ring (bicyclic) bond motifs is 1. The minimum absolute atomic E-state index is 0.211. The highest BCUT2D eigenvalue weighted by atomic mass is 79.9. The quantitative estimate of drug-likeness (QED) is 0.147. The summed E-state index contributed by atoms with van der Waals surface area (Å²) in [6, 6.07) is 38.4. The van der Waals surface area contributed by atoms with E-state index in [1.807, 2.05) is 73.7 Å². The molecule has 0 fully saturated rings. The highest BCUT2D eigenvalue weighted by Crippen LogP contribution is 2.37. The van der Waals surface area contributed by atoms with Crippen molar-refractivity contribution >= 4 is 39.3 Å². The van der Waals surface area contributed by atoms with Gasteiger partial charge < -0.3 is 9.30 Å². The summed E-state index contributed by atoms with van der Waals surface area (Å²) in [5.74, 6) is -0.122. The second kappa shape index (κ2) is 14.1. The van der Waals surface area contributed by atoms with Crippen molar-refractivity contribution in [3.8, 4) is 28.2 Å². The molecule has 0 bridgehead atoms. The largest absolute Gasteiger partial charge is 0.463 e. The summed E-state index contributed by atoms with van der Waals surface area (Å²) in [4.78, 5) is 33.4. The first-order chi connectivity index (χ1) is 24.2. The van der Waals surface area contributed by atoms with Crippen LogP contribution in [0, 0.1) is 0 Å². The summed E-state index contributed by atoms with van der Waals surface area (Å²) < 4.78 is 10.9. The van der Waals surface area contributed by atoms with Gasteiger partial charge in [-0.1, -0.05) is 126 Å². The van der Waals surface area contributed by atoms with E-state index in [9.17, 15) is 9.59 Å². The van der Waals surface area contributed by atoms with Crippen molar-refractivity contribution in [1.29, 1.82) is 0 Å². The van der Waals surface area contributed by atoms with E-state index in [2.05, 4.69) is 88.9 Å². The lowest BCUT2D eigenvalue weighted by Gasteiger charge is -2.25. The maximum atomic E-state index is 14.6. The highest BCUT2D eigenvalue weighted by molar-refractivity contribution is 9.10. The number of esters is 1. The molecule has 50 heavy (non-hydrogen) atoms. The van der Waals surface area contributed by atoms with Crippen molar-refractivity contribution in [2.24, 2.45) is 4.99 Å². The molecule has 0 saturated heterocycles. The van der Waals surface area contributed by atoms with Crippen LogP contribution in [0.1, 0.15) is 56.3 Å². The maximum Gasteiger partial charge on any atom is 0.338 e. The number of ether oxygens (including phenoxy) is 1. The molecule has 0 saturated carbocycles. The number of benzene rings is 4. The Morgan fingerprint density at radius 3 is 2.18 bits per heavy atom. The van der Waals surface area contributed by atoms with Gasteiger partial charge in [-0.2, -0.15) is 0 Å². The van der Waals surface area contributed by atoms with Crippen LogP contribution in [0.15, 0.2) is 141 Å². The number of nitrogens with zero attached hydrogens (tertiary/aromatic N) is 3. The monoisotopic (exact) mass is 741 g/mol. The van der Waals surface area contributed by atoms with Crippen molar-refractivity contribution in [3.63, 3.8) is 0 Å². The zero-order chi connectivity index (χ0) is 34.9. The minimum Gasteiger partial charge on any atom is -0.463 e. The molecule has 250 valence electrons. The molecular weight excluding hydrogens is 706 g/mol. The zero-order valence-corrected chi connectivity index (χ0v) is 30.7. The molecule has 6 nitrogen and oxygen atoms in total. The fourth-order valence-electron chi connectivity index (χ4n) is 6.52. The highest BCUT2D eigenvalue weighted by Gasteiger charge is 2.33. The Morgan fingerprint density at radius 2 is 1.56 bits per heavy atom. The first-order valence-electron chi connectivity index (χ1n) is 16.7. The number of thiazole rings is 1. The number of rotatable bonds is 8. The number of hydrogen-bond donors (Lipinski definition) is 0. The van der Waals surface area contributed by atoms with Crippen LogP contribution in [-0.4, -0.2) is 21.7 Å². The van der Waals surface area contributed by atoms with Crippen molar-refractivity contribution in [2.75, 3.05) is 6.61 Å². The molecular formula is C42H36BrN3O3S. The van der Waals surface area contributed by atoms with Gasteiger partial charge in [0.15, 0.2) is 4.80 Å². The Bertz CT molecular complexity index is 2400. The molecule has 0 spiro atoms. The predicted octanol–water partition coefficient (Wildman–Crippen LogP) is 8.81. The van der Waals surface area contributed by atoms with Gasteiger partial charge in [0, 0.05) is 15.7 Å². The molecule has 1 atom stereocenters. The number of hydrogen-bond acceptors (Lipinski definition) is 5. The van der Waals surface area contributed by atoms with E-state index in [-0.39, 0.29) is 12.2 Å². The summed E-state index contributed by atoms with van der Waals surface area (Å²) in [5, 5.41) is 0. The Hall–Kier alpha value is -5.05. The van der Waals surface area contributed by atoms with Crippen LogP contribution >= 0.6 is 27.3 Å². The fourth-order valence-corrected chi connectivity index (χ4v) is 7.82. The van der Waals surface area contributed by atoms with Gasteiger partial charge >= 0.3 is 5.97 Å². The average Bonchev–Trinajstić information content (AvgIpc) is 3.65. The van der Waals surface area contributed by atoms with Crippen LogP contribution in [0.4, 0.5) is 0 Å². The van der Waals surface area contributed by atoms with Gasteiger partial charge in [0.2, 0.25) is 0 Å². The summed E-state index contributed by atoms with van der Waals surface area (Å²) in [6.45, 7) is 8.10. The van der Waals surface area contributed by atoms with E-state index in [0.29, 0.717) is 26.5 Å². The first kappa shape index (κ1) is 33.4. The predicted molar refractivity (Wildman–Crippen MR) is 205 cm³/mol. The molecule has 0 aliphatic carbocycles. The van der Waals surface area contributed by atoms with Crippen LogP contribution in [0.25, 0.3) is 34.3 Å². The Labute approximate surface area is 303 Å². The molecule has 0 N–H and O–H groups in total. The third kappa shape index (κ3) is 6.25. The summed E-state index contributed by atoms with van der Waals surface area (Å²) in [5.41, 5.74) is 8.62. The number of carbonyl (C=O) groups is 1. The minimum atomic E-state index is -0.672. The molecule has 8 heteroatoms. The van der Waals surface area contributed by atoms with Crippen molar-refractivity contribution in [2.45, 2.75) is 39.7 Å². The standard InChI is InChI=1S/C42H36BrN3O3S/c1-5-49-41(48)37-27(4)44-42-46(39(37)31-18-16-28(17-19-31)26(2)3)40(47)36(50-42)25-32-24-35(29-12-8-6-9-13-29)45(34-22-20-33(43)21-23-34)38(32)30-14-10-7-11-15-30/h6-26,39H,5H2,1-4H3/b36-25-/t39-/m0/s1. The third-order valence-corrected chi connectivity index (χ3v) is 10.5. The van der Waals surface area contributed by atoms with E-state index >= 15 is 0 Å². The molecule has 3 heterocycles. The fraction of sp³-hybridized carbons (Fsp3) is 0.167. The van der Waals surface area contributed by atoms with Gasteiger partial charge in [0.25, 0.3) is 5.56 Å². The van der Waals surface area contributed by atoms with Gasteiger partial charge in [-0.25, -0.2) is 9.79 Å². The molecule has 0 radical (unpaired) electrons. The first-order valence-corrected chi connectivity index (χ1v) is 18.3. The third-order valence-electron chi connectivity index (χ3n) is 8.95. The molecule has 0 amide bonds. The van der Waals surface area contributed by atoms with E-state index in [1.54, 1.807) is 11.5 Å². The average molecular weight is 743 g/mol. The van der Waals surface area contributed by atoms with Gasteiger partial charge in [-0.3, -0.25) is 9.36 Å². The molecule has 7 rings (SSSR count). The molecule has 4 aromatic carbocycles. The molecule has 2 aromatic heterocycles. The normalized spacial score (nSPS) is 14.5. The van der Waals surface area contributed by atoms with Crippen LogP contribution in [0.3, 0.4) is 0 Å². The molecule has 1 aliphatic rings. The zero-order valence-electron chi connectivity index (χ0n) is 28.3. The number of halogens is 1. The second-order valence-electron chi connectivity index (χ2n) is 12.5. The number of allylic oxidation sites excluding steroid dienone is 1. The van der Waals surface area contributed by atoms with Crippen molar-refractivity contribution in [1.82, 2.24) is 9.13 Å². The van der Waals surface area contributed by atoms with Gasteiger partial charge in [0.1, 0.15) is 0 Å². The van der Waals surface area contributed by atoms with Gasteiger partial charge in [-0.15, -0.1) is 0 Å². The van der Waals surface area contributed by atoms with E-state index in [4.69, 9.17) is 9.73 Å². The lowest BCUT2D eigenvalue weighted by molar-refractivity contribution is -0.139. The van der Waals surface area contributed by atoms with Crippen LogP contribution in [0.2, 0.25) is 0 Å². The molecule has 6 aromatic rings. The summed E-state index contributed by atoms with van der Waals surface area (Å²) in [6.07, 6.45) is 1.97. The van der Waals surface area contributed by atoms with Crippen molar-refractivity contribution < 1.29 is 9.53 Å². The van der Waals surface area contributed by atoms with E-state index in [0.717, 1.165) is 43.8 Å². The summed E-state index contributed by atoms with van der Waals surface area (Å²) in [7, 11) is 0. The molecule has 0 unspecified atom stereocenters. The Kier molecular flexibility index (Phi) is 9.40. The van der Waals surface area contributed by atoms with Crippen LogP contribution < -0.4 is 14.9 Å². The SMILES string of the molecule is CCOC(=O)C1=C(C)N=c2s/c(=C\c3cc(-c4ccccc4)n(-c4ccc(Br)cc4)c3-c3ccccc3)c(=O)n2[C@H]1c1ccc(C(C)C)cc1. The molecule has 1 aliphatic heterocycles. The lowest BCUT2D eigenvalue weighted by Crippen LogP contribution is -2.39. The smallest absolute Gasteiger partial charge is 0.338 e. The number of carbonyl (C=O) groups excluding carboxylic acids is 1. The summed E-state index contributed by atoms with van der Waals surface area (Å²) >= 11 is 4.93. The van der Waals surface area contributed by atoms with Crippen LogP contribution in [-0.2, 0) is 9.53 Å².